The van der Waals surface area contributed by atoms with Gasteiger partial charge in [0.15, 0.2) is 0 Å². The van der Waals surface area contributed by atoms with Crippen LogP contribution in [0.25, 0.3) is 0 Å². The first-order valence-corrected chi connectivity index (χ1v) is 31.3. The highest BCUT2D eigenvalue weighted by Gasteiger charge is 2.43. The van der Waals surface area contributed by atoms with Crippen LogP contribution in [0.3, 0.4) is 0 Å². The van der Waals surface area contributed by atoms with Crippen molar-refractivity contribution in [1.82, 2.24) is 8.61 Å². The highest BCUT2D eigenvalue weighted by molar-refractivity contribution is 7.89. The van der Waals surface area contributed by atoms with Crippen LogP contribution >= 0.6 is 0 Å². The molecule has 0 aromatic heterocycles. The van der Waals surface area contributed by atoms with E-state index < -0.39 is 67.4 Å². The van der Waals surface area contributed by atoms with Crippen LogP contribution in [0.15, 0.2) is 143 Å². The van der Waals surface area contributed by atoms with E-state index in [-0.39, 0.29) is 47.1 Å². The summed E-state index contributed by atoms with van der Waals surface area (Å²) in [5, 5.41) is 39.6. The van der Waals surface area contributed by atoms with Crippen molar-refractivity contribution >= 4 is 55.2 Å². The fraction of sp³-hybridized carbons (Fsp3) is 0.375. The number of amides is 2. The summed E-state index contributed by atoms with van der Waals surface area (Å²) in [5.41, 5.74) is 6.18. The van der Waals surface area contributed by atoms with E-state index in [1.165, 1.54) is 130 Å². The molecule has 2 atom stereocenters. The molecule has 4 aliphatic rings. The molecule has 6 aromatic carbocycles. The Balaban J connectivity index is 0.000000198. The quantitative estimate of drug-likeness (QED) is 0.0709. The predicted octanol–water partition coefficient (Wildman–Crippen LogP) is 11.7. The molecule has 6 aromatic rings. The first kappa shape index (κ1) is 59.2. The molecule has 16 nitrogen and oxygen atoms in total. The summed E-state index contributed by atoms with van der Waals surface area (Å²) >= 11 is 0. The second-order valence-corrected chi connectivity index (χ2v) is 26.0. The molecule has 82 heavy (non-hydrogen) atoms. The number of carbonyl (C=O) groups is 4. The maximum atomic E-state index is 14.2. The highest BCUT2D eigenvalue weighted by Crippen LogP contribution is 2.37. The Morgan fingerprint density at radius 2 is 0.793 bits per heavy atom. The van der Waals surface area contributed by atoms with Crippen molar-refractivity contribution in [3.8, 4) is 11.5 Å². The maximum absolute atomic E-state index is 14.2. The molecule has 2 saturated heterocycles. The second-order valence-electron chi connectivity index (χ2n) is 22.2. The summed E-state index contributed by atoms with van der Waals surface area (Å²) in [5.74, 6) is -3.25. The average molecular weight is 1150 g/mol. The lowest BCUT2D eigenvalue weighted by molar-refractivity contribution is -0.122. The Labute approximate surface area is 480 Å². The second kappa shape index (κ2) is 25.8. The lowest BCUT2D eigenvalue weighted by atomic mass is 9.84. The number of hydrogen-bond acceptors (Lipinski definition) is 10. The minimum atomic E-state index is -3.92. The van der Waals surface area contributed by atoms with Crippen molar-refractivity contribution < 1.29 is 56.4 Å². The number of carbonyl (C=O) groups excluding carboxylic acids is 2. The molecule has 4 N–H and O–H groups in total. The van der Waals surface area contributed by atoms with Crippen LogP contribution in [-0.2, 0) is 42.7 Å². The molecule has 2 amide bonds. The van der Waals surface area contributed by atoms with E-state index in [1.54, 1.807) is 48.5 Å². The van der Waals surface area contributed by atoms with Gasteiger partial charge < -0.3 is 30.2 Å². The van der Waals surface area contributed by atoms with Gasteiger partial charge in [0.05, 0.1) is 22.9 Å². The van der Waals surface area contributed by atoms with Gasteiger partial charge in [-0.25, -0.2) is 26.4 Å². The summed E-state index contributed by atoms with van der Waals surface area (Å²) in [4.78, 5) is 54.5. The van der Waals surface area contributed by atoms with E-state index in [1.807, 2.05) is 38.1 Å². The summed E-state index contributed by atoms with van der Waals surface area (Å²) in [7, 11) is -7.85. The normalized spacial score (nSPS) is 18.3. The SMILES string of the molecule is Cc1ccc(S(=O)(=O)N2CCC[C@@H]2C(=O)N(Cc2ccc(C3CCCCC3)cc2)c2ccc(C(=O)O)c(O)c2)cc1.Cc1ccc(S(=O)(=O)N2CCC[C@H]2C(=O)N(Cc2ccc(C3CCCCC3)cc2)c2ccc(C(=O)O)c(O)c2)cc1. The number of anilines is 2. The molecule has 0 spiro atoms. The molecular formula is C64H72N4O12S2. The number of benzene rings is 6. The average Bonchev–Trinajstić information content (AvgIpc) is 4.38. The van der Waals surface area contributed by atoms with E-state index in [2.05, 4.69) is 24.3 Å². The number of carboxylic acids is 2. The fourth-order valence-electron chi connectivity index (χ4n) is 12.0. The van der Waals surface area contributed by atoms with Gasteiger partial charge in [-0.1, -0.05) is 122 Å². The van der Waals surface area contributed by atoms with Crippen molar-refractivity contribution in [2.75, 3.05) is 22.9 Å². The van der Waals surface area contributed by atoms with E-state index in [9.17, 15) is 56.4 Å². The van der Waals surface area contributed by atoms with Gasteiger partial charge in [-0.15, -0.1) is 0 Å². The topological polar surface area (TPSA) is 230 Å². The largest absolute Gasteiger partial charge is 0.507 e. The monoisotopic (exact) mass is 1150 g/mol. The number of nitrogens with zero attached hydrogens (tertiary/aromatic N) is 4. The number of aromatic hydroxyl groups is 2. The molecule has 18 heteroatoms. The Bertz CT molecular complexity index is 3260. The Kier molecular flexibility index (Phi) is 18.7. The molecule has 432 valence electrons. The summed E-state index contributed by atoms with van der Waals surface area (Å²) in [6, 6.07) is 35.6. The lowest BCUT2D eigenvalue weighted by Crippen LogP contribution is -2.47. The smallest absolute Gasteiger partial charge is 0.339 e. The number of hydrogen-bond donors (Lipinski definition) is 4. The molecule has 0 bridgehead atoms. The molecule has 4 fully saturated rings. The van der Waals surface area contributed by atoms with E-state index in [4.69, 9.17) is 0 Å². The van der Waals surface area contributed by atoms with Gasteiger partial charge in [0.2, 0.25) is 31.9 Å². The highest BCUT2D eigenvalue weighted by atomic mass is 32.2. The van der Waals surface area contributed by atoms with Crippen LogP contribution in [-0.4, -0.2) is 94.8 Å². The third-order valence-corrected chi connectivity index (χ3v) is 20.5. The minimum absolute atomic E-state index is 0.135. The van der Waals surface area contributed by atoms with E-state index >= 15 is 0 Å². The van der Waals surface area contributed by atoms with Crippen molar-refractivity contribution in [1.29, 1.82) is 0 Å². The molecule has 0 unspecified atom stereocenters. The molecule has 2 heterocycles. The van der Waals surface area contributed by atoms with Crippen LogP contribution in [0.2, 0.25) is 0 Å². The van der Waals surface area contributed by atoms with Gasteiger partial charge in [0, 0.05) is 36.6 Å². The zero-order valence-electron chi connectivity index (χ0n) is 46.4. The predicted molar refractivity (Wildman–Crippen MR) is 313 cm³/mol. The van der Waals surface area contributed by atoms with Gasteiger partial charge in [0.1, 0.15) is 34.7 Å². The summed E-state index contributed by atoms with van der Waals surface area (Å²) < 4.78 is 56.9. The number of sulfonamides is 2. The van der Waals surface area contributed by atoms with Crippen LogP contribution in [0.4, 0.5) is 11.4 Å². The summed E-state index contributed by atoms with van der Waals surface area (Å²) in [6.07, 6.45) is 14.0. The number of carboxylic acid groups (broad SMARTS) is 2. The van der Waals surface area contributed by atoms with Crippen molar-refractivity contribution in [2.45, 2.75) is 151 Å². The van der Waals surface area contributed by atoms with Crippen molar-refractivity contribution in [3.63, 3.8) is 0 Å². The van der Waals surface area contributed by atoms with Crippen LogP contribution in [0, 0.1) is 13.8 Å². The van der Waals surface area contributed by atoms with Gasteiger partial charge in [-0.05, 0) is 148 Å². The van der Waals surface area contributed by atoms with Crippen LogP contribution in [0.5, 0.6) is 11.5 Å². The molecule has 2 aliphatic heterocycles. The molecular weight excluding hydrogens is 1080 g/mol. The molecule has 10 rings (SSSR count). The van der Waals surface area contributed by atoms with Crippen molar-refractivity contribution in [2.24, 2.45) is 0 Å². The van der Waals surface area contributed by atoms with Crippen LogP contribution < -0.4 is 9.80 Å². The molecule has 2 saturated carbocycles. The van der Waals surface area contributed by atoms with Gasteiger partial charge in [-0.2, -0.15) is 8.61 Å². The Morgan fingerprint density at radius 1 is 0.451 bits per heavy atom. The zero-order chi connectivity index (χ0) is 58.3. The Morgan fingerprint density at radius 3 is 1.11 bits per heavy atom. The number of aromatic carboxylic acids is 2. The zero-order valence-corrected chi connectivity index (χ0v) is 48.0. The third-order valence-electron chi connectivity index (χ3n) is 16.6. The summed E-state index contributed by atoms with van der Waals surface area (Å²) in [6.45, 7) is 4.49. The lowest BCUT2D eigenvalue weighted by Gasteiger charge is -2.30. The fourth-order valence-corrected chi connectivity index (χ4v) is 15.3. The van der Waals surface area contributed by atoms with E-state index in [0.29, 0.717) is 48.9 Å². The van der Waals surface area contributed by atoms with E-state index in [0.717, 1.165) is 22.3 Å². The van der Waals surface area contributed by atoms with Gasteiger partial charge >= 0.3 is 11.9 Å². The van der Waals surface area contributed by atoms with Crippen molar-refractivity contribution in [3.05, 3.63) is 178 Å². The number of aryl methyl sites for hydroxylation is 2. The van der Waals surface area contributed by atoms with Gasteiger partial charge in [0.25, 0.3) is 0 Å². The first-order chi connectivity index (χ1) is 39.3. The van der Waals surface area contributed by atoms with Gasteiger partial charge in [-0.3, -0.25) is 9.59 Å². The standard InChI is InChI=1S/2C32H36N2O6S/c2*1-22-9-16-27(17-10-22)41(39,40)34-19-5-8-29(34)31(36)33(26-15-18-28(32(37)38)30(35)20-26)21-23-11-13-25(14-12-23)24-6-3-2-4-7-24/h2*9-18,20,24,29,35H,2-8,19,21H2,1H3,(H,37,38)/t2*29-/m10/s1. The number of rotatable bonds is 16. The third kappa shape index (κ3) is 13.4. The van der Waals surface area contributed by atoms with Crippen LogP contribution in [0.1, 0.15) is 156 Å². The Hall–Kier alpha value is -7.38. The molecule has 0 radical (unpaired) electrons. The number of phenols is 2. The minimum Gasteiger partial charge on any atom is -0.507 e. The first-order valence-electron chi connectivity index (χ1n) is 28.4. The molecule has 2 aliphatic carbocycles. The maximum Gasteiger partial charge on any atom is 0.339 e.